The second-order valence-corrected chi connectivity index (χ2v) is 9.47. The average molecular weight is 433 g/mol. The summed E-state index contributed by atoms with van der Waals surface area (Å²) in [4.78, 5) is 5.08. The molecule has 0 saturated carbocycles. The lowest BCUT2D eigenvalue weighted by molar-refractivity contribution is 0.600. The average Bonchev–Trinajstić information content (AvgIpc) is 3.28. The fourth-order valence-corrected chi connectivity index (χ4v) is 4.63. The third-order valence-corrected chi connectivity index (χ3v) is 6.77. The van der Waals surface area contributed by atoms with Crippen molar-refractivity contribution in [2.45, 2.75) is 31.1 Å². The molecule has 4 N–H and O–H groups in total. The van der Waals surface area contributed by atoms with E-state index in [-0.39, 0.29) is 4.21 Å². The van der Waals surface area contributed by atoms with Gasteiger partial charge in [0.25, 0.3) is 0 Å². The number of nitrogens with two attached hydrogens (primary N) is 1. The summed E-state index contributed by atoms with van der Waals surface area (Å²) in [6, 6.07) is 13.4. The van der Waals surface area contributed by atoms with Crippen LogP contribution in [0.3, 0.4) is 0 Å². The van der Waals surface area contributed by atoms with Gasteiger partial charge in [0.05, 0.1) is 17.9 Å². The summed E-state index contributed by atoms with van der Waals surface area (Å²) in [7, 11) is -1.98. The quantitative estimate of drug-likeness (QED) is 0.407. The first-order valence-electron chi connectivity index (χ1n) is 8.95. The van der Waals surface area contributed by atoms with Crippen molar-refractivity contribution in [1.82, 2.24) is 20.4 Å². The van der Waals surface area contributed by atoms with Crippen molar-refractivity contribution >= 4 is 27.3 Å². The zero-order chi connectivity index (χ0) is 21.0. The Morgan fingerprint density at radius 3 is 2.52 bits per heavy atom. The predicted molar refractivity (Wildman–Crippen MR) is 116 cm³/mol. The highest BCUT2D eigenvalue weighted by Gasteiger charge is 2.12. The van der Waals surface area contributed by atoms with Crippen molar-refractivity contribution in [1.29, 1.82) is 0 Å². The molecule has 2 aromatic heterocycles. The fraction of sp³-hybridized carbons (Fsp3) is 0.263. The zero-order valence-corrected chi connectivity index (χ0v) is 18.1. The van der Waals surface area contributed by atoms with E-state index in [1.54, 1.807) is 13.1 Å². The van der Waals surface area contributed by atoms with Crippen molar-refractivity contribution in [3.05, 3.63) is 64.3 Å². The number of aliphatic imine (C=N–C) groups is 1. The summed E-state index contributed by atoms with van der Waals surface area (Å²) in [5.74, 6) is 0.610. The number of thiophene rings is 1. The monoisotopic (exact) mass is 432 g/mol. The molecule has 8 nitrogen and oxygen atoms in total. The number of nitrogens with zero attached hydrogens (tertiary/aromatic N) is 3. The first-order valence-corrected chi connectivity index (χ1v) is 11.3. The fourth-order valence-electron chi connectivity index (χ4n) is 2.92. The number of aryl methyl sites for hydroxylation is 2. The van der Waals surface area contributed by atoms with Crippen LogP contribution >= 0.6 is 11.3 Å². The van der Waals surface area contributed by atoms with Gasteiger partial charge in [-0.3, -0.25) is 4.99 Å². The van der Waals surface area contributed by atoms with E-state index in [0.717, 1.165) is 38.9 Å². The molecule has 0 aliphatic rings. The molecule has 0 aliphatic heterocycles. The number of hydrogen-bond donors (Lipinski definition) is 3. The van der Waals surface area contributed by atoms with Crippen LogP contribution in [-0.2, 0) is 23.1 Å². The van der Waals surface area contributed by atoms with E-state index in [1.165, 1.54) is 6.07 Å². The number of benzene rings is 1. The van der Waals surface area contributed by atoms with Crippen molar-refractivity contribution in [3.63, 3.8) is 0 Å². The molecule has 29 heavy (non-hydrogen) atoms. The molecular weight excluding hydrogens is 408 g/mol. The molecular formula is C19H24N6O2S2. The SMILES string of the molecule is CN=C(NCc1ccc(S(N)(=O)=O)s1)NCc1ccccc1-n1nc(C)cc1C. The highest BCUT2D eigenvalue weighted by atomic mass is 32.2. The molecule has 0 radical (unpaired) electrons. The van der Waals surface area contributed by atoms with Crippen molar-refractivity contribution in [2.24, 2.45) is 10.1 Å². The molecule has 2 heterocycles. The van der Waals surface area contributed by atoms with Gasteiger partial charge in [0, 0.05) is 24.2 Å². The van der Waals surface area contributed by atoms with Crippen LogP contribution in [0, 0.1) is 13.8 Å². The van der Waals surface area contributed by atoms with Gasteiger partial charge in [-0.25, -0.2) is 18.2 Å². The Morgan fingerprint density at radius 1 is 1.17 bits per heavy atom. The van der Waals surface area contributed by atoms with Gasteiger partial charge in [-0.2, -0.15) is 5.10 Å². The lowest BCUT2D eigenvalue weighted by atomic mass is 10.1. The second kappa shape index (κ2) is 8.76. The third-order valence-electron chi connectivity index (χ3n) is 4.25. The minimum absolute atomic E-state index is 0.149. The summed E-state index contributed by atoms with van der Waals surface area (Å²) in [5, 5.41) is 16.2. The van der Waals surface area contributed by atoms with Crippen molar-refractivity contribution in [2.75, 3.05) is 7.05 Å². The topological polar surface area (TPSA) is 114 Å². The highest BCUT2D eigenvalue weighted by Crippen LogP contribution is 2.20. The standard InChI is InChI=1S/C19H24N6O2S2/c1-13-10-14(2)25(24-13)17-7-5-4-6-15(17)11-22-19(21-3)23-12-16-8-9-18(28-16)29(20,26)27/h4-10H,11-12H2,1-3H3,(H2,20,26,27)(H2,21,22,23). The largest absolute Gasteiger partial charge is 0.352 e. The number of aromatic nitrogens is 2. The summed E-state index contributed by atoms with van der Waals surface area (Å²) >= 11 is 1.14. The van der Waals surface area contributed by atoms with Crippen LogP contribution in [0.25, 0.3) is 5.69 Å². The number of guanidine groups is 1. The molecule has 0 spiro atoms. The number of sulfonamides is 1. The van der Waals surface area contributed by atoms with E-state index in [4.69, 9.17) is 5.14 Å². The van der Waals surface area contributed by atoms with Gasteiger partial charge in [0.15, 0.2) is 5.96 Å². The summed E-state index contributed by atoms with van der Waals surface area (Å²) in [6.07, 6.45) is 0. The Kier molecular flexibility index (Phi) is 6.36. The highest BCUT2D eigenvalue weighted by molar-refractivity contribution is 7.91. The van der Waals surface area contributed by atoms with Crippen LogP contribution in [-0.4, -0.2) is 31.2 Å². The Balaban J connectivity index is 1.66. The summed E-state index contributed by atoms with van der Waals surface area (Å²) in [5.41, 5.74) is 4.13. The number of nitrogens with one attached hydrogen (secondary N) is 2. The van der Waals surface area contributed by atoms with E-state index in [1.807, 2.05) is 48.9 Å². The number of rotatable bonds is 6. The van der Waals surface area contributed by atoms with Gasteiger partial charge in [-0.05, 0) is 43.7 Å². The molecule has 154 valence electrons. The zero-order valence-electron chi connectivity index (χ0n) is 16.5. The second-order valence-electron chi connectivity index (χ2n) is 6.51. The van der Waals surface area contributed by atoms with Gasteiger partial charge in [0.1, 0.15) is 4.21 Å². The van der Waals surface area contributed by atoms with E-state index in [2.05, 4.69) is 20.7 Å². The minimum Gasteiger partial charge on any atom is -0.352 e. The third kappa shape index (κ3) is 5.22. The van der Waals surface area contributed by atoms with Crippen LogP contribution < -0.4 is 15.8 Å². The van der Waals surface area contributed by atoms with Gasteiger partial charge in [-0.15, -0.1) is 11.3 Å². The smallest absolute Gasteiger partial charge is 0.247 e. The maximum Gasteiger partial charge on any atom is 0.247 e. The Labute approximate surface area is 174 Å². The molecule has 0 fully saturated rings. The maximum absolute atomic E-state index is 11.4. The van der Waals surface area contributed by atoms with E-state index >= 15 is 0 Å². The van der Waals surface area contributed by atoms with Gasteiger partial charge < -0.3 is 10.6 Å². The van der Waals surface area contributed by atoms with E-state index < -0.39 is 10.0 Å². The normalized spacial score (nSPS) is 12.2. The Bertz CT molecular complexity index is 1130. The van der Waals surface area contributed by atoms with Crippen molar-refractivity contribution in [3.8, 4) is 5.69 Å². The van der Waals surface area contributed by atoms with E-state index in [9.17, 15) is 8.42 Å². The summed E-state index contributed by atoms with van der Waals surface area (Å²) < 4.78 is 24.9. The molecule has 0 atom stereocenters. The van der Waals surface area contributed by atoms with Crippen LogP contribution in [0.2, 0.25) is 0 Å². The number of primary sulfonamides is 1. The number of hydrogen-bond acceptors (Lipinski definition) is 5. The Morgan fingerprint density at radius 2 is 1.90 bits per heavy atom. The first kappa shape index (κ1) is 21.0. The molecule has 0 amide bonds. The summed E-state index contributed by atoms with van der Waals surface area (Å²) in [6.45, 7) is 5.00. The predicted octanol–water partition coefficient (Wildman–Crippen LogP) is 2.06. The molecule has 3 aromatic rings. The molecule has 10 heteroatoms. The van der Waals surface area contributed by atoms with Crippen LogP contribution in [0.4, 0.5) is 0 Å². The maximum atomic E-state index is 11.4. The lowest BCUT2D eigenvalue weighted by Crippen LogP contribution is -2.36. The van der Waals surface area contributed by atoms with Gasteiger partial charge in [-0.1, -0.05) is 18.2 Å². The van der Waals surface area contributed by atoms with Crippen LogP contribution in [0.1, 0.15) is 21.8 Å². The Hall–Kier alpha value is -2.69. The van der Waals surface area contributed by atoms with Crippen LogP contribution in [0.15, 0.2) is 51.7 Å². The molecule has 3 rings (SSSR count). The van der Waals surface area contributed by atoms with Gasteiger partial charge >= 0.3 is 0 Å². The van der Waals surface area contributed by atoms with Crippen LogP contribution in [0.5, 0.6) is 0 Å². The number of para-hydroxylation sites is 1. The first-order chi connectivity index (χ1) is 13.8. The van der Waals surface area contributed by atoms with Gasteiger partial charge in [0.2, 0.25) is 10.0 Å². The molecule has 0 bridgehead atoms. The molecule has 1 aromatic carbocycles. The lowest BCUT2D eigenvalue weighted by Gasteiger charge is -2.14. The molecule has 0 saturated heterocycles. The minimum atomic E-state index is -3.67. The van der Waals surface area contributed by atoms with E-state index in [0.29, 0.717) is 19.0 Å². The van der Waals surface area contributed by atoms with Crippen molar-refractivity contribution < 1.29 is 8.42 Å². The molecule has 0 unspecified atom stereocenters. The molecule has 0 aliphatic carbocycles.